The second-order valence-electron chi connectivity index (χ2n) is 11.0. The summed E-state index contributed by atoms with van der Waals surface area (Å²) in [5, 5.41) is 16.0. The molecule has 0 aliphatic carbocycles. The van der Waals surface area contributed by atoms with Crippen LogP contribution in [-0.2, 0) is 14.3 Å². The van der Waals surface area contributed by atoms with E-state index in [0.29, 0.717) is 17.7 Å². The molecule has 0 heterocycles. The van der Waals surface area contributed by atoms with Crippen LogP contribution < -0.4 is 10.6 Å². The van der Waals surface area contributed by atoms with Crippen molar-refractivity contribution in [3.63, 3.8) is 0 Å². The number of unbranched alkanes of at least 4 members (excludes halogenated alkanes) is 1. The smallest absolute Gasteiger partial charge is 0.408 e. The maximum absolute atomic E-state index is 14.1. The molecule has 38 heavy (non-hydrogen) atoms. The molecule has 0 bridgehead atoms. The standard InChI is InChI=1S/C30H43N3O5/c1-9-10-17-33(28(36)24(19(2)3)32-29(37)38-30(6,7)8)26(22-15-12-16-23(34)18-22)27(35)31-25-20(4)13-11-14-21(25)5/h11-16,18-19,24,26,34H,9-10,17H2,1-8H3,(H,31,35)(H,32,37). The minimum atomic E-state index is -1.04. The Morgan fingerprint density at radius 3 is 2.16 bits per heavy atom. The van der Waals surface area contributed by atoms with E-state index in [1.165, 1.54) is 17.0 Å². The summed E-state index contributed by atoms with van der Waals surface area (Å²) in [4.78, 5) is 42.2. The fourth-order valence-electron chi connectivity index (χ4n) is 4.19. The fourth-order valence-corrected chi connectivity index (χ4v) is 4.19. The van der Waals surface area contributed by atoms with E-state index in [1.54, 1.807) is 32.9 Å². The number of carbonyl (C=O) groups excluding carboxylic acids is 3. The van der Waals surface area contributed by atoms with E-state index >= 15 is 0 Å². The summed E-state index contributed by atoms with van der Waals surface area (Å²) in [6, 6.07) is 10.1. The van der Waals surface area contributed by atoms with Gasteiger partial charge >= 0.3 is 6.09 Å². The Kier molecular flexibility index (Phi) is 10.7. The predicted molar refractivity (Wildman–Crippen MR) is 150 cm³/mol. The minimum Gasteiger partial charge on any atom is -0.508 e. The molecule has 0 spiro atoms. The highest BCUT2D eigenvalue weighted by Gasteiger charge is 2.37. The number of anilines is 1. The summed E-state index contributed by atoms with van der Waals surface area (Å²) in [5.74, 6) is -1.09. The van der Waals surface area contributed by atoms with Crippen molar-refractivity contribution in [3.05, 3.63) is 59.2 Å². The van der Waals surface area contributed by atoms with Crippen molar-refractivity contribution >= 4 is 23.6 Å². The van der Waals surface area contributed by atoms with Gasteiger partial charge in [-0.3, -0.25) is 9.59 Å². The van der Waals surface area contributed by atoms with Gasteiger partial charge in [0, 0.05) is 12.2 Å². The minimum absolute atomic E-state index is 0.0115. The van der Waals surface area contributed by atoms with Crippen LogP contribution in [0.4, 0.5) is 10.5 Å². The van der Waals surface area contributed by atoms with Gasteiger partial charge in [-0.2, -0.15) is 0 Å². The zero-order valence-electron chi connectivity index (χ0n) is 23.9. The molecule has 0 aromatic heterocycles. The van der Waals surface area contributed by atoms with E-state index in [1.807, 2.05) is 52.8 Å². The Bertz CT molecular complexity index is 1100. The topological polar surface area (TPSA) is 108 Å². The number of aryl methyl sites for hydroxylation is 2. The van der Waals surface area contributed by atoms with E-state index in [-0.39, 0.29) is 18.2 Å². The summed E-state index contributed by atoms with van der Waals surface area (Å²) < 4.78 is 5.41. The van der Waals surface area contributed by atoms with Crippen LogP contribution in [0.15, 0.2) is 42.5 Å². The predicted octanol–water partition coefficient (Wildman–Crippen LogP) is 5.87. The average molecular weight is 526 g/mol. The quantitative estimate of drug-likeness (QED) is 0.360. The number of aromatic hydroxyl groups is 1. The number of ether oxygens (including phenoxy) is 1. The monoisotopic (exact) mass is 525 g/mol. The fraction of sp³-hybridized carbons (Fsp3) is 0.500. The van der Waals surface area contributed by atoms with Crippen molar-refractivity contribution < 1.29 is 24.2 Å². The third kappa shape index (κ3) is 8.50. The highest BCUT2D eigenvalue weighted by Crippen LogP contribution is 2.29. The van der Waals surface area contributed by atoms with Crippen LogP contribution in [0.1, 0.15) is 77.1 Å². The number of benzene rings is 2. The summed E-state index contributed by atoms with van der Waals surface area (Å²) in [7, 11) is 0. The highest BCUT2D eigenvalue weighted by atomic mass is 16.6. The number of phenolic OH excluding ortho intramolecular Hbond substituents is 1. The summed E-state index contributed by atoms with van der Waals surface area (Å²) in [6.07, 6.45) is 0.740. The van der Waals surface area contributed by atoms with Crippen molar-refractivity contribution in [1.82, 2.24) is 10.2 Å². The molecular formula is C30H43N3O5. The van der Waals surface area contributed by atoms with E-state index in [9.17, 15) is 19.5 Å². The maximum atomic E-state index is 14.1. The van der Waals surface area contributed by atoms with E-state index < -0.39 is 35.6 Å². The Labute approximate surface area is 226 Å². The summed E-state index contributed by atoms with van der Waals surface area (Å²) in [6.45, 7) is 15.0. The zero-order chi connectivity index (χ0) is 28.6. The van der Waals surface area contributed by atoms with Crippen molar-refractivity contribution in [3.8, 4) is 5.75 Å². The zero-order valence-corrected chi connectivity index (χ0v) is 23.9. The lowest BCUT2D eigenvalue weighted by molar-refractivity contribution is -0.141. The molecule has 3 N–H and O–H groups in total. The first-order valence-electron chi connectivity index (χ1n) is 13.2. The molecule has 0 fully saturated rings. The molecule has 0 saturated heterocycles. The van der Waals surface area contributed by atoms with Crippen LogP contribution in [0.2, 0.25) is 0 Å². The Balaban J connectivity index is 2.55. The van der Waals surface area contributed by atoms with Crippen LogP contribution in [0.3, 0.4) is 0 Å². The number of hydrogen-bond acceptors (Lipinski definition) is 5. The number of hydrogen-bond donors (Lipinski definition) is 3. The number of amides is 3. The first kappa shape index (κ1) is 30.7. The molecule has 0 saturated carbocycles. The molecule has 2 unspecified atom stereocenters. The van der Waals surface area contributed by atoms with Gasteiger partial charge < -0.3 is 25.4 Å². The van der Waals surface area contributed by atoms with Gasteiger partial charge in [0.15, 0.2) is 0 Å². The van der Waals surface area contributed by atoms with Crippen LogP contribution in [0.25, 0.3) is 0 Å². The van der Waals surface area contributed by atoms with Crippen LogP contribution in [0, 0.1) is 19.8 Å². The van der Waals surface area contributed by atoms with Gasteiger partial charge in [0.1, 0.15) is 23.4 Å². The van der Waals surface area contributed by atoms with Crippen molar-refractivity contribution in [1.29, 1.82) is 0 Å². The number of rotatable bonds is 10. The number of carbonyl (C=O) groups is 3. The molecule has 0 radical (unpaired) electrons. The van der Waals surface area contributed by atoms with Crippen LogP contribution in [0.5, 0.6) is 5.75 Å². The van der Waals surface area contributed by atoms with Gasteiger partial charge in [0.05, 0.1) is 0 Å². The first-order valence-corrected chi connectivity index (χ1v) is 13.2. The lowest BCUT2D eigenvalue weighted by Crippen LogP contribution is -2.54. The molecule has 2 rings (SSSR count). The number of nitrogens with zero attached hydrogens (tertiary/aromatic N) is 1. The molecule has 208 valence electrons. The first-order chi connectivity index (χ1) is 17.7. The maximum Gasteiger partial charge on any atom is 0.408 e. The second-order valence-corrected chi connectivity index (χ2v) is 11.0. The molecule has 2 aromatic carbocycles. The van der Waals surface area contributed by atoms with Gasteiger partial charge in [0.25, 0.3) is 5.91 Å². The normalized spacial score (nSPS) is 13.0. The van der Waals surface area contributed by atoms with Crippen molar-refractivity contribution in [2.45, 2.75) is 85.9 Å². The van der Waals surface area contributed by atoms with Crippen molar-refractivity contribution in [2.75, 3.05) is 11.9 Å². The second kappa shape index (κ2) is 13.3. The SMILES string of the molecule is CCCCN(C(=O)C(NC(=O)OC(C)(C)C)C(C)C)C(C(=O)Nc1c(C)cccc1C)c1cccc(O)c1. The molecule has 8 nitrogen and oxygen atoms in total. The van der Waals surface area contributed by atoms with Crippen molar-refractivity contribution in [2.24, 2.45) is 5.92 Å². The Hall–Kier alpha value is -3.55. The highest BCUT2D eigenvalue weighted by molar-refractivity contribution is 6.00. The Morgan fingerprint density at radius 2 is 1.63 bits per heavy atom. The number of nitrogens with one attached hydrogen (secondary N) is 2. The number of alkyl carbamates (subject to hydrolysis) is 1. The van der Waals surface area contributed by atoms with Gasteiger partial charge in [-0.1, -0.05) is 57.5 Å². The van der Waals surface area contributed by atoms with Gasteiger partial charge in [0.2, 0.25) is 5.91 Å². The molecule has 8 heteroatoms. The third-order valence-electron chi connectivity index (χ3n) is 6.12. The van der Waals surface area contributed by atoms with Crippen LogP contribution in [-0.4, -0.2) is 46.1 Å². The molecule has 2 aromatic rings. The van der Waals surface area contributed by atoms with Gasteiger partial charge in [-0.15, -0.1) is 0 Å². The van der Waals surface area contributed by atoms with Crippen LogP contribution >= 0.6 is 0 Å². The largest absolute Gasteiger partial charge is 0.508 e. The lowest BCUT2D eigenvalue weighted by Gasteiger charge is -2.35. The van der Waals surface area contributed by atoms with E-state index in [0.717, 1.165) is 17.5 Å². The molecular weight excluding hydrogens is 482 g/mol. The van der Waals surface area contributed by atoms with E-state index in [2.05, 4.69) is 10.6 Å². The lowest BCUT2D eigenvalue weighted by atomic mass is 9.98. The molecule has 0 aliphatic rings. The summed E-state index contributed by atoms with van der Waals surface area (Å²) >= 11 is 0. The molecule has 2 atom stereocenters. The third-order valence-corrected chi connectivity index (χ3v) is 6.12. The molecule has 0 aliphatic heterocycles. The average Bonchev–Trinajstić information content (AvgIpc) is 2.80. The van der Waals surface area contributed by atoms with E-state index in [4.69, 9.17) is 4.74 Å². The summed E-state index contributed by atoms with van der Waals surface area (Å²) in [5.41, 5.74) is 2.21. The number of phenols is 1. The Morgan fingerprint density at radius 1 is 1.03 bits per heavy atom. The van der Waals surface area contributed by atoms with Gasteiger partial charge in [-0.25, -0.2) is 4.79 Å². The number of para-hydroxylation sites is 1. The molecule has 3 amide bonds. The van der Waals surface area contributed by atoms with Gasteiger partial charge in [-0.05, 0) is 75.8 Å².